The van der Waals surface area contributed by atoms with E-state index in [1.165, 1.54) is 0 Å². The van der Waals surface area contributed by atoms with Crippen LogP contribution >= 0.6 is 11.6 Å². The van der Waals surface area contributed by atoms with Crippen LogP contribution < -0.4 is 0 Å². The minimum absolute atomic E-state index is 0.00644. The Balaban J connectivity index is 2.54. The fourth-order valence-corrected chi connectivity index (χ4v) is 1.62. The molecule has 0 aliphatic rings. The number of benzene rings is 1. The molecule has 98 valence electrons. The van der Waals surface area contributed by atoms with E-state index in [0.29, 0.717) is 12.4 Å². The fourth-order valence-electron chi connectivity index (χ4n) is 1.42. The topological polar surface area (TPSA) is 61.8 Å². The summed E-state index contributed by atoms with van der Waals surface area (Å²) in [5, 5.41) is 21.9. The lowest BCUT2D eigenvalue weighted by Gasteiger charge is -2.06. The smallest absolute Gasteiger partial charge is 0.419 e. The van der Waals surface area contributed by atoms with Crippen molar-refractivity contribution in [3.63, 3.8) is 0 Å². The van der Waals surface area contributed by atoms with Gasteiger partial charge in [-0.1, -0.05) is 11.6 Å². The summed E-state index contributed by atoms with van der Waals surface area (Å²) in [6.07, 6.45) is -3.19. The third-order valence-electron chi connectivity index (χ3n) is 2.34. The third kappa shape index (κ3) is 2.48. The summed E-state index contributed by atoms with van der Waals surface area (Å²) in [5.41, 5.74) is -0.990. The van der Waals surface area contributed by atoms with Gasteiger partial charge in [-0.2, -0.15) is 23.5 Å². The minimum Gasteiger partial charge on any atom is -0.506 e. The molecule has 0 radical (unpaired) electrons. The van der Waals surface area contributed by atoms with Crippen LogP contribution in [0.2, 0.25) is 5.02 Å². The van der Waals surface area contributed by atoms with E-state index < -0.39 is 11.7 Å². The maximum absolute atomic E-state index is 12.4. The summed E-state index contributed by atoms with van der Waals surface area (Å²) in [7, 11) is 0. The van der Waals surface area contributed by atoms with Crippen molar-refractivity contribution >= 4 is 11.6 Å². The largest absolute Gasteiger partial charge is 0.506 e. The number of nitrogens with zero attached hydrogens (tertiary/aromatic N) is 3. The number of phenols is 1. The summed E-state index contributed by atoms with van der Waals surface area (Å²) in [6.45, 7) is 0. The molecular weight excluding hydrogens is 283 g/mol. The zero-order valence-corrected chi connectivity index (χ0v) is 9.87. The van der Waals surface area contributed by atoms with Crippen molar-refractivity contribution < 1.29 is 18.3 Å². The van der Waals surface area contributed by atoms with Crippen molar-refractivity contribution in [1.82, 2.24) is 9.78 Å². The molecule has 0 saturated carbocycles. The predicted octanol–water partition coefficient (Wildman–Crippen LogP) is 3.12. The molecule has 2 rings (SSSR count). The Bertz CT molecular complexity index is 673. The summed E-state index contributed by atoms with van der Waals surface area (Å²) < 4.78 is 38.1. The number of aromatic nitrogens is 2. The third-order valence-corrected chi connectivity index (χ3v) is 2.65. The Morgan fingerprint density at radius 3 is 2.58 bits per heavy atom. The van der Waals surface area contributed by atoms with E-state index in [0.717, 1.165) is 16.8 Å². The van der Waals surface area contributed by atoms with Gasteiger partial charge in [0.25, 0.3) is 0 Å². The number of phenolic OH excluding ortho intramolecular Hbond substituents is 1. The molecular formula is C11H5ClF3N3O. The van der Waals surface area contributed by atoms with Crippen molar-refractivity contribution in [3.8, 4) is 17.5 Å². The zero-order valence-electron chi connectivity index (χ0n) is 9.11. The molecule has 0 saturated heterocycles. The van der Waals surface area contributed by atoms with Gasteiger partial charge in [-0.15, -0.1) is 0 Å². The number of nitriles is 1. The van der Waals surface area contributed by atoms with Gasteiger partial charge in [0.1, 0.15) is 17.5 Å². The van der Waals surface area contributed by atoms with Crippen molar-refractivity contribution in [2.75, 3.05) is 0 Å². The highest BCUT2D eigenvalue weighted by molar-refractivity contribution is 6.32. The lowest BCUT2D eigenvalue weighted by molar-refractivity contribution is -0.137. The summed E-state index contributed by atoms with van der Waals surface area (Å²) >= 11 is 5.67. The molecule has 1 N–H and O–H groups in total. The highest BCUT2D eigenvalue weighted by Gasteiger charge is 2.32. The van der Waals surface area contributed by atoms with Crippen LogP contribution in [0.5, 0.6) is 5.75 Å². The standard InChI is InChI=1S/C11H5ClF3N3O/c12-8-2-10(19)9(1-6(8)3-16)18-5-7(4-17-18)11(13,14)15/h1-2,4-5,19H. The average molecular weight is 288 g/mol. The first-order chi connectivity index (χ1) is 8.82. The normalized spacial score (nSPS) is 11.3. The Labute approximate surface area is 110 Å². The minimum atomic E-state index is -4.53. The summed E-state index contributed by atoms with van der Waals surface area (Å²) in [6, 6.07) is 3.99. The van der Waals surface area contributed by atoms with Gasteiger partial charge in [0, 0.05) is 12.3 Å². The fraction of sp³-hybridized carbons (Fsp3) is 0.0909. The monoisotopic (exact) mass is 287 g/mol. The van der Waals surface area contributed by atoms with E-state index in [1.807, 2.05) is 0 Å². The molecule has 1 aromatic carbocycles. The van der Waals surface area contributed by atoms with Gasteiger partial charge in [-0.05, 0) is 6.07 Å². The molecule has 0 amide bonds. The van der Waals surface area contributed by atoms with Crippen LogP contribution in [0.3, 0.4) is 0 Å². The number of hydrogen-bond acceptors (Lipinski definition) is 3. The van der Waals surface area contributed by atoms with Crippen LogP contribution in [0, 0.1) is 11.3 Å². The average Bonchev–Trinajstić information content (AvgIpc) is 2.78. The maximum atomic E-state index is 12.4. The number of rotatable bonds is 1. The van der Waals surface area contributed by atoms with Gasteiger partial charge in [0.2, 0.25) is 0 Å². The summed E-state index contributed by atoms with van der Waals surface area (Å²) in [5.74, 6) is -0.374. The molecule has 4 nitrogen and oxygen atoms in total. The quantitative estimate of drug-likeness (QED) is 0.876. The highest BCUT2D eigenvalue weighted by atomic mass is 35.5. The van der Waals surface area contributed by atoms with Crippen LogP contribution in [0.15, 0.2) is 24.5 Å². The number of halogens is 4. The number of aromatic hydroxyl groups is 1. The zero-order chi connectivity index (χ0) is 14.2. The van der Waals surface area contributed by atoms with Gasteiger partial charge < -0.3 is 5.11 Å². The number of hydrogen-bond donors (Lipinski definition) is 1. The van der Waals surface area contributed by atoms with Crippen molar-refractivity contribution in [2.45, 2.75) is 6.18 Å². The Morgan fingerprint density at radius 2 is 2.05 bits per heavy atom. The Kier molecular flexibility index (Phi) is 3.12. The molecule has 0 bridgehead atoms. The molecule has 0 spiro atoms. The van der Waals surface area contributed by atoms with E-state index >= 15 is 0 Å². The SMILES string of the molecule is N#Cc1cc(-n2cc(C(F)(F)F)cn2)c(O)cc1Cl. The molecule has 2 aromatic rings. The second kappa shape index (κ2) is 4.48. The van der Waals surface area contributed by atoms with Crippen LogP contribution in [-0.4, -0.2) is 14.9 Å². The van der Waals surface area contributed by atoms with E-state index in [4.69, 9.17) is 16.9 Å². The number of alkyl halides is 3. The molecule has 0 fully saturated rings. The van der Waals surface area contributed by atoms with E-state index in [9.17, 15) is 18.3 Å². The van der Waals surface area contributed by atoms with Crippen LogP contribution in [-0.2, 0) is 6.18 Å². The van der Waals surface area contributed by atoms with Crippen molar-refractivity contribution in [3.05, 3.63) is 40.7 Å². The molecule has 0 unspecified atom stereocenters. The lowest BCUT2D eigenvalue weighted by atomic mass is 10.2. The second-order valence-electron chi connectivity index (χ2n) is 3.60. The van der Waals surface area contributed by atoms with Gasteiger partial charge in [-0.3, -0.25) is 0 Å². The van der Waals surface area contributed by atoms with Gasteiger partial charge in [-0.25, -0.2) is 4.68 Å². The Morgan fingerprint density at radius 1 is 1.37 bits per heavy atom. The first-order valence-electron chi connectivity index (χ1n) is 4.88. The highest BCUT2D eigenvalue weighted by Crippen LogP contribution is 2.32. The molecule has 8 heteroatoms. The van der Waals surface area contributed by atoms with Crippen LogP contribution in [0.1, 0.15) is 11.1 Å². The maximum Gasteiger partial charge on any atom is 0.419 e. The Hall–Kier alpha value is -2.20. The van der Waals surface area contributed by atoms with E-state index in [-0.39, 0.29) is 22.0 Å². The van der Waals surface area contributed by atoms with Gasteiger partial charge in [0.15, 0.2) is 0 Å². The van der Waals surface area contributed by atoms with Gasteiger partial charge in [0.05, 0.1) is 22.3 Å². The molecule has 1 aromatic heterocycles. The van der Waals surface area contributed by atoms with Crippen molar-refractivity contribution in [2.24, 2.45) is 0 Å². The van der Waals surface area contributed by atoms with Crippen LogP contribution in [0.25, 0.3) is 5.69 Å². The van der Waals surface area contributed by atoms with Crippen molar-refractivity contribution in [1.29, 1.82) is 5.26 Å². The second-order valence-corrected chi connectivity index (χ2v) is 4.01. The molecule has 0 aliphatic carbocycles. The first-order valence-corrected chi connectivity index (χ1v) is 5.25. The molecule has 19 heavy (non-hydrogen) atoms. The van der Waals surface area contributed by atoms with E-state index in [1.54, 1.807) is 6.07 Å². The predicted molar refractivity (Wildman–Crippen MR) is 60.0 cm³/mol. The van der Waals surface area contributed by atoms with E-state index in [2.05, 4.69) is 5.10 Å². The lowest BCUT2D eigenvalue weighted by Crippen LogP contribution is -2.03. The molecule has 0 atom stereocenters. The first kappa shape index (κ1) is 13.2. The molecule has 0 aliphatic heterocycles. The summed E-state index contributed by atoms with van der Waals surface area (Å²) in [4.78, 5) is 0. The van der Waals surface area contributed by atoms with Crippen LogP contribution in [0.4, 0.5) is 13.2 Å². The van der Waals surface area contributed by atoms with Gasteiger partial charge >= 0.3 is 6.18 Å². The molecule has 1 heterocycles.